The molecule has 2 aromatic rings. The topological polar surface area (TPSA) is 117 Å². The first-order valence-corrected chi connectivity index (χ1v) is 20.9. The van der Waals surface area contributed by atoms with Crippen LogP contribution in [0.1, 0.15) is 61.8 Å². The van der Waals surface area contributed by atoms with E-state index in [1.165, 1.54) is 36.1 Å². The van der Waals surface area contributed by atoms with Gasteiger partial charge in [-0.3, -0.25) is 0 Å². The van der Waals surface area contributed by atoms with E-state index in [1.54, 1.807) is 21.3 Å². The molecule has 2 saturated heterocycles. The number of fused-ring (bicyclic) bond motifs is 2. The first-order valence-electron chi connectivity index (χ1n) is 20.9. The van der Waals surface area contributed by atoms with E-state index in [0.29, 0.717) is 12.1 Å². The molecule has 1 radical (unpaired) electrons. The molecule has 0 amide bonds. The van der Waals surface area contributed by atoms with Crippen LogP contribution in [-0.2, 0) is 56.5 Å². The van der Waals surface area contributed by atoms with Gasteiger partial charge in [0.05, 0.1) is 25.0 Å². The van der Waals surface area contributed by atoms with Crippen LogP contribution in [0.15, 0.2) is 48.6 Å². The fourth-order valence-electron chi connectivity index (χ4n) is 14.8. The molecule has 58 heavy (non-hydrogen) atoms. The number of nitrogens with one attached hydrogen (secondary N) is 1. The molecule has 0 aromatic heterocycles. The van der Waals surface area contributed by atoms with E-state index >= 15 is 0 Å². The van der Waals surface area contributed by atoms with Crippen LogP contribution in [0.25, 0.3) is 0 Å². The number of Topliss-reactive ketones (excluding diaryl/α,β-unsaturated/α-hetero) is 1. The predicted octanol–water partition coefficient (Wildman–Crippen LogP) is 4.11. The number of nitrogens with zero attached hydrogens (tertiary/aromatic N) is 2. The molecule has 8 aliphatic carbocycles. The number of hydrogen-bond donors (Lipinski definition) is 2. The van der Waals surface area contributed by atoms with Crippen molar-refractivity contribution in [2.75, 3.05) is 62.7 Å². The number of nitrogens with two attached hydrogens (primary N) is 1. The van der Waals surface area contributed by atoms with Crippen molar-refractivity contribution in [1.82, 2.24) is 15.1 Å². The second-order valence-corrected chi connectivity index (χ2v) is 18.7. The molecule has 12 aliphatic rings. The Morgan fingerprint density at radius 2 is 1.19 bits per heavy atom. The van der Waals surface area contributed by atoms with Gasteiger partial charge in [0.1, 0.15) is 29.2 Å². The van der Waals surface area contributed by atoms with Gasteiger partial charge in [0.15, 0.2) is 23.0 Å². The molecule has 2 saturated carbocycles. The third-order valence-corrected chi connectivity index (χ3v) is 17.0. The number of ether oxygens (including phenoxy) is 6. The molecule has 4 aliphatic heterocycles. The number of hydrogen-bond acceptors (Lipinski definition) is 11. The molecule has 14 rings (SSSR count). The van der Waals surface area contributed by atoms with Crippen LogP contribution >= 0.6 is 0 Å². The van der Waals surface area contributed by atoms with Crippen molar-refractivity contribution in [2.45, 2.75) is 111 Å². The first kappa shape index (κ1) is 40.5. The SMILES string of the molecule is CC(C)=O.CNC1C[C@@]23C=C[C@]1(OC)C1Oc4c(OC)ccc5c4[C@@]12CCN(C)[C@@H]3C5.COc1ccc2c3c1OC1[C@@]4(OC)C=C[C@@]5(CC4N)[C@@H](C2)N(C)CC[C@]315.[V]. The van der Waals surface area contributed by atoms with Crippen molar-refractivity contribution in [3.8, 4) is 23.0 Å². The third-order valence-electron chi connectivity index (χ3n) is 17.0. The Kier molecular flexibility index (Phi) is 9.31. The van der Waals surface area contributed by atoms with Crippen LogP contribution in [0.2, 0.25) is 0 Å². The maximum Gasteiger partial charge on any atom is 0.166 e. The van der Waals surface area contributed by atoms with E-state index in [0.717, 1.165) is 74.6 Å². The van der Waals surface area contributed by atoms with Gasteiger partial charge in [-0.1, -0.05) is 36.4 Å². The van der Waals surface area contributed by atoms with Gasteiger partial charge in [0.2, 0.25) is 0 Å². The number of likely N-dealkylation sites (tertiary alicyclic amines) is 2. The Morgan fingerprint density at radius 3 is 1.62 bits per heavy atom. The number of carbonyl (C=O) groups excluding carboxylic acids is 1. The average Bonchev–Trinajstić information content (AvgIpc) is 3.77. The van der Waals surface area contributed by atoms with E-state index < -0.39 is 11.2 Å². The summed E-state index contributed by atoms with van der Waals surface area (Å²) in [6.07, 6.45) is 15.7. The van der Waals surface area contributed by atoms with Crippen LogP contribution in [0.5, 0.6) is 23.0 Å². The molecule has 3 N–H and O–H groups in total. The number of rotatable bonds is 5. The van der Waals surface area contributed by atoms with Crippen molar-refractivity contribution >= 4 is 5.78 Å². The quantitative estimate of drug-likeness (QED) is 0.425. The molecule has 2 aromatic carbocycles. The van der Waals surface area contributed by atoms with E-state index in [1.807, 2.05) is 7.11 Å². The number of benzene rings is 2. The number of methoxy groups -OCH3 is 4. The standard InChI is InChI=1S/C22H28N2O3.C21H26N2O3.C3H6O.V/c1-23-15-12-20-7-8-22(15,26-4)19-21(20)9-10-24(2)16(20)11-13-5-6-14(25-3)18(27-19)17(13)21;1-23-9-8-20-16-12-4-5-13(24-2)17(16)26-18(20)21(25-3)7-6-19(20,11-14(21)22)15(23)10-12;1-3(2)4;/h5-8,15-16,19,23H,9-12H2,1-4H3;4-7,14-15,18H,8-11,22H2,1-3H3;1-2H3;/t15?,16-,19?,20-,21+,22-;14?,15-,18?,19-,20+,21-;;/m11../s1. The molecule has 4 unspecified atom stereocenters. The molecule has 4 spiro atoms. The Labute approximate surface area is 355 Å². The summed E-state index contributed by atoms with van der Waals surface area (Å²) in [5.74, 6) is 3.76. The fourth-order valence-corrected chi connectivity index (χ4v) is 14.8. The van der Waals surface area contributed by atoms with Gasteiger partial charge in [0.25, 0.3) is 0 Å². The molecule has 12 heteroatoms. The number of ketones is 1. The Hall–Kier alpha value is -2.87. The van der Waals surface area contributed by atoms with Crippen LogP contribution < -0.4 is 30.0 Å². The van der Waals surface area contributed by atoms with Crippen LogP contribution in [0.4, 0.5) is 0 Å². The van der Waals surface area contributed by atoms with Gasteiger partial charge in [-0.2, -0.15) is 0 Å². The Morgan fingerprint density at radius 1 is 0.741 bits per heavy atom. The van der Waals surface area contributed by atoms with Gasteiger partial charge in [0, 0.05) is 78.9 Å². The predicted molar refractivity (Wildman–Crippen MR) is 217 cm³/mol. The molecule has 4 heterocycles. The van der Waals surface area contributed by atoms with Crippen molar-refractivity contribution in [3.63, 3.8) is 0 Å². The maximum atomic E-state index is 9.44. The summed E-state index contributed by atoms with van der Waals surface area (Å²) in [7, 11) is 13.7. The van der Waals surface area contributed by atoms with Crippen LogP contribution in [0.3, 0.4) is 0 Å². The van der Waals surface area contributed by atoms with Crippen molar-refractivity contribution in [2.24, 2.45) is 16.6 Å². The van der Waals surface area contributed by atoms with Crippen molar-refractivity contribution in [3.05, 3.63) is 70.8 Å². The summed E-state index contributed by atoms with van der Waals surface area (Å²) in [6.45, 7) is 5.23. The number of likely N-dealkylation sites (N-methyl/N-ethyl adjacent to an activating group) is 3. The Bertz CT molecular complexity index is 2110. The summed E-state index contributed by atoms with van der Waals surface area (Å²) in [6, 6.07) is 9.78. The van der Waals surface area contributed by atoms with Gasteiger partial charge >= 0.3 is 0 Å². The monoisotopic (exact) mass is 831 g/mol. The van der Waals surface area contributed by atoms with Gasteiger partial charge < -0.3 is 54.1 Å². The summed E-state index contributed by atoms with van der Waals surface area (Å²) in [5.41, 5.74) is 11.4. The average molecular weight is 832 g/mol. The molecular weight excluding hydrogens is 771 g/mol. The molecule has 11 nitrogen and oxygen atoms in total. The number of piperidine rings is 2. The van der Waals surface area contributed by atoms with Crippen LogP contribution in [-0.4, -0.2) is 126 Å². The second kappa shape index (κ2) is 13.3. The van der Waals surface area contributed by atoms with E-state index in [-0.39, 0.29) is 70.3 Å². The zero-order chi connectivity index (χ0) is 40.1. The van der Waals surface area contributed by atoms with E-state index in [4.69, 9.17) is 34.2 Å². The third kappa shape index (κ3) is 4.40. The Balaban J connectivity index is 0.000000136. The second-order valence-electron chi connectivity index (χ2n) is 18.7. The summed E-state index contributed by atoms with van der Waals surface area (Å²) in [4.78, 5) is 14.6. The largest absolute Gasteiger partial charge is 0.493 e. The summed E-state index contributed by atoms with van der Waals surface area (Å²) < 4.78 is 37.4. The van der Waals surface area contributed by atoms with E-state index in [9.17, 15) is 4.79 Å². The van der Waals surface area contributed by atoms with Crippen molar-refractivity contribution in [1.29, 1.82) is 0 Å². The molecule has 12 atom stereocenters. The minimum atomic E-state index is -0.569. The smallest absolute Gasteiger partial charge is 0.166 e. The molecule has 8 bridgehead atoms. The minimum Gasteiger partial charge on any atom is -0.493 e. The normalized spacial score (nSPS) is 42.7. The zero-order valence-corrected chi connectivity index (χ0v) is 36.9. The van der Waals surface area contributed by atoms with Gasteiger partial charge in [-0.15, -0.1) is 0 Å². The zero-order valence-electron chi connectivity index (χ0n) is 35.5. The van der Waals surface area contributed by atoms with Gasteiger partial charge in [-0.25, -0.2) is 0 Å². The fraction of sp³-hybridized carbons (Fsp3) is 0.630. The number of carbonyl (C=O) groups is 1. The maximum absolute atomic E-state index is 9.44. The van der Waals surface area contributed by atoms with Crippen molar-refractivity contribution < 1.29 is 51.8 Å². The summed E-state index contributed by atoms with van der Waals surface area (Å²) in [5, 5.41) is 3.57. The molecule has 4 fully saturated rings. The summed E-state index contributed by atoms with van der Waals surface area (Å²) >= 11 is 0. The molecular formula is C46H60N4O7V. The van der Waals surface area contributed by atoms with Crippen LogP contribution in [0, 0.1) is 10.8 Å². The minimum absolute atomic E-state index is 0. The van der Waals surface area contributed by atoms with Gasteiger partial charge in [-0.05, 0) is 110 Å². The van der Waals surface area contributed by atoms with E-state index in [2.05, 4.69) is 84.8 Å². The first-order chi connectivity index (χ1) is 27.3. The molecule has 311 valence electrons.